The Hall–Kier alpha value is -2.84. The summed E-state index contributed by atoms with van der Waals surface area (Å²) in [5.74, 6) is 2.52. The van der Waals surface area contributed by atoms with E-state index in [-0.39, 0.29) is 12.3 Å². The molecule has 1 aliphatic rings. The van der Waals surface area contributed by atoms with Crippen LogP contribution < -0.4 is 15.5 Å². The summed E-state index contributed by atoms with van der Waals surface area (Å²) in [4.78, 5) is 14.6. The highest BCUT2D eigenvalue weighted by Gasteiger charge is 2.49. The maximum absolute atomic E-state index is 13.0. The lowest BCUT2D eigenvalue weighted by Gasteiger charge is -2.29. The zero-order valence-electron chi connectivity index (χ0n) is 14.0. The van der Waals surface area contributed by atoms with Gasteiger partial charge in [0.2, 0.25) is 0 Å². The van der Waals surface area contributed by atoms with Crippen LogP contribution in [0.4, 0.5) is 5.69 Å². The predicted molar refractivity (Wildman–Crippen MR) is 104 cm³/mol. The highest BCUT2D eigenvalue weighted by molar-refractivity contribution is 7.80. The molecule has 0 fully saturated rings. The van der Waals surface area contributed by atoms with E-state index < -0.39 is 5.54 Å². The van der Waals surface area contributed by atoms with Crippen molar-refractivity contribution in [3.63, 3.8) is 0 Å². The van der Waals surface area contributed by atoms with E-state index in [2.05, 4.69) is 16.6 Å². The van der Waals surface area contributed by atoms with Crippen molar-refractivity contribution in [2.75, 3.05) is 11.9 Å². The third-order valence-corrected chi connectivity index (χ3v) is 4.63. The number of likely N-dealkylation sites (N-methyl/N-ethyl adjacent to an activating group) is 1. The highest BCUT2D eigenvalue weighted by Crippen LogP contribution is 2.41. The van der Waals surface area contributed by atoms with Gasteiger partial charge in [0.05, 0.1) is 0 Å². The molecule has 25 heavy (non-hydrogen) atoms. The third kappa shape index (κ3) is 3.09. The monoisotopic (exact) mass is 349 g/mol. The van der Waals surface area contributed by atoms with Gasteiger partial charge in [-0.3, -0.25) is 4.79 Å². The molecule has 0 bridgehead atoms. The number of anilines is 1. The molecule has 1 atom stereocenters. The summed E-state index contributed by atoms with van der Waals surface area (Å²) in [5, 5.41) is 6.74. The molecule has 1 heterocycles. The van der Waals surface area contributed by atoms with E-state index in [1.807, 2.05) is 54.6 Å². The molecule has 2 aromatic rings. The number of rotatable bonds is 4. The van der Waals surface area contributed by atoms with Gasteiger partial charge >= 0.3 is 0 Å². The molecule has 2 N–H and O–H groups in total. The number of terminal acetylenes is 1. The number of amides is 1. The van der Waals surface area contributed by atoms with Crippen molar-refractivity contribution >= 4 is 28.9 Å². The van der Waals surface area contributed by atoms with Gasteiger partial charge in [-0.05, 0) is 23.8 Å². The lowest BCUT2D eigenvalue weighted by molar-refractivity contribution is -0.123. The quantitative estimate of drug-likeness (QED) is 0.658. The molecule has 3 rings (SSSR count). The molecule has 1 amide bonds. The molecular weight excluding hydrogens is 330 g/mol. The van der Waals surface area contributed by atoms with E-state index in [0.29, 0.717) is 11.7 Å². The largest absolute Gasteiger partial charge is 0.359 e. The molecule has 5 heteroatoms. The van der Waals surface area contributed by atoms with Gasteiger partial charge in [-0.25, -0.2) is 0 Å². The molecular formula is C20H19N3OS. The lowest BCUT2D eigenvalue weighted by atomic mass is 9.88. The minimum Gasteiger partial charge on any atom is -0.359 e. The van der Waals surface area contributed by atoms with Gasteiger partial charge in [-0.1, -0.05) is 48.5 Å². The molecule has 0 aromatic heterocycles. The minimum atomic E-state index is -1.03. The highest BCUT2D eigenvalue weighted by atomic mass is 32.1. The molecule has 4 nitrogen and oxygen atoms in total. The Bertz CT molecular complexity index is 844. The fourth-order valence-corrected chi connectivity index (χ4v) is 3.39. The van der Waals surface area contributed by atoms with E-state index in [9.17, 15) is 4.79 Å². The number of carbonyl (C=O) groups is 1. The van der Waals surface area contributed by atoms with Crippen LogP contribution in [0.5, 0.6) is 0 Å². The van der Waals surface area contributed by atoms with Crippen LogP contribution in [-0.2, 0) is 16.9 Å². The van der Waals surface area contributed by atoms with Crippen molar-refractivity contribution in [2.24, 2.45) is 0 Å². The van der Waals surface area contributed by atoms with Crippen LogP contribution >= 0.6 is 12.2 Å². The summed E-state index contributed by atoms with van der Waals surface area (Å²) >= 11 is 5.43. The molecule has 0 spiro atoms. The number of carbonyl (C=O) groups excluding carboxylic acids is 1. The summed E-state index contributed by atoms with van der Waals surface area (Å²) in [5.41, 5.74) is 1.78. The van der Waals surface area contributed by atoms with Gasteiger partial charge in [-0.15, -0.1) is 12.3 Å². The second-order valence-corrected chi connectivity index (χ2v) is 6.37. The molecule has 126 valence electrons. The van der Waals surface area contributed by atoms with Crippen LogP contribution in [0.25, 0.3) is 0 Å². The van der Waals surface area contributed by atoms with Crippen LogP contribution in [0.15, 0.2) is 54.6 Å². The molecule has 0 saturated heterocycles. The molecule has 1 aliphatic heterocycles. The normalized spacial score (nSPS) is 18.4. The first-order valence-corrected chi connectivity index (χ1v) is 8.40. The first-order valence-electron chi connectivity index (χ1n) is 7.99. The van der Waals surface area contributed by atoms with Crippen molar-refractivity contribution in [1.82, 2.24) is 10.6 Å². The van der Waals surface area contributed by atoms with E-state index in [4.69, 9.17) is 18.6 Å². The number of para-hydroxylation sites is 1. The van der Waals surface area contributed by atoms with Crippen LogP contribution in [0.3, 0.4) is 0 Å². The molecule has 0 aliphatic carbocycles. The maximum Gasteiger partial charge on any atom is 0.258 e. The zero-order chi connectivity index (χ0) is 17.9. The van der Waals surface area contributed by atoms with Crippen molar-refractivity contribution in [1.29, 1.82) is 0 Å². The van der Waals surface area contributed by atoms with E-state index in [1.165, 1.54) is 0 Å². The first kappa shape index (κ1) is 17.0. The number of benzene rings is 2. The van der Waals surface area contributed by atoms with Gasteiger partial charge in [0.15, 0.2) is 10.7 Å². The summed E-state index contributed by atoms with van der Waals surface area (Å²) in [7, 11) is 1.75. The van der Waals surface area contributed by atoms with E-state index in [1.54, 1.807) is 11.9 Å². The Kier molecular flexibility index (Phi) is 4.73. The van der Waals surface area contributed by atoms with Gasteiger partial charge in [-0.2, -0.15) is 0 Å². The van der Waals surface area contributed by atoms with Crippen molar-refractivity contribution in [2.45, 2.75) is 18.5 Å². The minimum absolute atomic E-state index is 0.101. The number of hydrogen-bond donors (Lipinski definition) is 2. The Morgan fingerprint density at radius 2 is 1.88 bits per heavy atom. The molecule has 0 saturated carbocycles. The summed E-state index contributed by atoms with van der Waals surface area (Å²) < 4.78 is 0. The average molecular weight is 349 g/mol. The predicted octanol–water partition coefficient (Wildman–Crippen LogP) is 2.55. The number of nitrogens with one attached hydrogen (secondary N) is 2. The molecule has 1 unspecified atom stereocenters. The first-order chi connectivity index (χ1) is 12.1. The van der Waals surface area contributed by atoms with Crippen LogP contribution in [0, 0.1) is 12.3 Å². The van der Waals surface area contributed by atoms with E-state index in [0.717, 1.165) is 16.8 Å². The number of hydrogen-bond acceptors (Lipinski definition) is 2. The Labute approximate surface area is 153 Å². The van der Waals surface area contributed by atoms with Crippen molar-refractivity contribution < 1.29 is 4.79 Å². The second-order valence-electron chi connectivity index (χ2n) is 5.96. The number of nitrogens with zero attached hydrogens (tertiary/aromatic N) is 1. The van der Waals surface area contributed by atoms with Gasteiger partial charge < -0.3 is 15.5 Å². The Balaban J connectivity index is 1.83. The molecule has 0 radical (unpaired) electrons. The number of fused-ring (bicyclic) bond motifs is 1. The third-order valence-electron chi connectivity index (χ3n) is 4.38. The van der Waals surface area contributed by atoms with Crippen LogP contribution in [-0.4, -0.2) is 18.1 Å². The summed E-state index contributed by atoms with van der Waals surface area (Å²) in [6.45, 7) is 0.574. The van der Waals surface area contributed by atoms with E-state index >= 15 is 0 Å². The smallest absolute Gasteiger partial charge is 0.258 e. The van der Waals surface area contributed by atoms with Crippen molar-refractivity contribution in [3.05, 3.63) is 65.7 Å². The summed E-state index contributed by atoms with van der Waals surface area (Å²) in [6.07, 6.45) is 5.80. The second kappa shape index (κ2) is 6.96. The van der Waals surface area contributed by atoms with Crippen molar-refractivity contribution in [3.8, 4) is 12.3 Å². The van der Waals surface area contributed by atoms with Crippen LogP contribution in [0.1, 0.15) is 17.5 Å². The van der Waals surface area contributed by atoms with Gasteiger partial charge in [0.1, 0.15) is 0 Å². The fourth-order valence-electron chi connectivity index (χ4n) is 3.14. The zero-order valence-corrected chi connectivity index (χ0v) is 14.8. The van der Waals surface area contributed by atoms with Crippen LogP contribution in [0.2, 0.25) is 0 Å². The summed E-state index contributed by atoms with van der Waals surface area (Å²) in [6, 6.07) is 17.6. The Morgan fingerprint density at radius 3 is 2.60 bits per heavy atom. The fraction of sp³-hybridized carbons (Fsp3) is 0.200. The lowest BCUT2D eigenvalue weighted by Crippen LogP contribution is -2.54. The van der Waals surface area contributed by atoms with Gasteiger partial charge in [0, 0.05) is 31.3 Å². The number of thiocarbonyl (C=S) groups is 1. The van der Waals surface area contributed by atoms with Gasteiger partial charge in [0.25, 0.3) is 5.91 Å². The topological polar surface area (TPSA) is 44.4 Å². The standard InChI is InChI=1S/C20H19N3OS/c1-3-13-20(16-11-7-8-12-17(16)23(2)18(20)24)22-19(25)21-14-15-9-5-4-6-10-15/h1,4-12H,13-14H2,2H3,(H2,21,22,25). The molecule has 2 aromatic carbocycles. The SMILES string of the molecule is C#CCC1(NC(=S)NCc2ccccc2)C(=O)N(C)c2ccccc21. The Morgan fingerprint density at radius 1 is 1.20 bits per heavy atom. The average Bonchev–Trinajstić information content (AvgIpc) is 2.84. The maximum atomic E-state index is 13.0.